The molecule has 66 valence electrons. The molecule has 12 heavy (non-hydrogen) atoms. The molecule has 0 aromatic heterocycles. The van der Waals surface area contributed by atoms with E-state index in [0.717, 1.165) is 0 Å². The monoisotopic (exact) mass is 187 g/mol. The van der Waals surface area contributed by atoms with E-state index in [4.69, 9.17) is 5.73 Å². The van der Waals surface area contributed by atoms with Gasteiger partial charge in [0.25, 0.3) is 0 Å². The van der Waals surface area contributed by atoms with E-state index in [1.54, 1.807) is 18.2 Å². The Bertz CT molecular complexity index is 288. The summed E-state index contributed by atoms with van der Waals surface area (Å²) in [4.78, 5) is 9.24. The second-order valence-corrected chi connectivity index (χ2v) is 3.97. The molecule has 0 amide bonds. The maximum atomic E-state index is 11.3. The van der Waals surface area contributed by atoms with Crippen molar-refractivity contribution in [3.8, 4) is 0 Å². The van der Waals surface area contributed by atoms with E-state index in [9.17, 15) is 9.46 Å². The molecule has 0 heterocycles. The lowest BCUT2D eigenvalue weighted by Gasteiger charge is -2.09. The molecule has 0 saturated heterocycles. The zero-order chi connectivity index (χ0) is 9.03. The smallest absolute Gasteiger partial charge is 0.321 e. The summed E-state index contributed by atoms with van der Waals surface area (Å²) >= 11 is 0. The Morgan fingerprint density at radius 2 is 2.00 bits per heavy atom. The first kappa shape index (κ1) is 9.42. The molecule has 0 aliphatic carbocycles. The molecular formula is C7H10NO3P. The van der Waals surface area contributed by atoms with Gasteiger partial charge in [-0.05, 0) is 12.1 Å². The molecule has 0 saturated carbocycles. The predicted octanol–water partition coefficient (Wildman–Crippen LogP) is 0.430. The predicted molar refractivity (Wildman–Crippen MR) is 46.0 cm³/mol. The molecule has 3 N–H and O–H groups in total. The molecule has 1 aromatic carbocycles. The minimum Gasteiger partial charge on any atom is -0.321 e. The van der Waals surface area contributed by atoms with Gasteiger partial charge in [-0.2, -0.15) is 0 Å². The van der Waals surface area contributed by atoms with Gasteiger partial charge in [0.2, 0.25) is 0 Å². The Hall–Kier alpha value is -0.670. The first-order valence-corrected chi connectivity index (χ1v) is 4.97. The summed E-state index contributed by atoms with van der Waals surface area (Å²) in [6, 6.07) is 8.13. The Labute approximate surface area is 70.5 Å². The number of hydrogen-bond donors (Lipinski definition) is 2. The second-order valence-electron chi connectivity index (χ2n) is 2.15. The lowest BCUT2D eigenvalue weighted by Crippen LogP contribution is -2.10. The quantitative estimate of drug-likeness (QED) is 0.531. The average molecular weight is 187 g/mol. The van der Waals surface area contributed by atoms with E-state index < -0.39 is 7.60 Å². The zero-order valence-corrected chi connectivity index (χ0v) is 7.28. The van der Waals surface area contributed by atoms with Gasteiger partial charge in [-0.25, -0.2) is 0 Å². The van der Waals surface area contributed by atoms with Crippen LogP contribution in [0.4, 0.5) is 0 Å². The van der Waals surface area contributed by atoms with Crippen LogP contribution < -0.4 is 11.0 Å². The van der Waals surface area contributed by atoms with Crippen LogP contribution in [0.5, 0.6) is 0 Å². The Kier molecular flexibility index (Phi) is 3.00. The van der Waals surface area contributed by atoms with E-state index in [1.807, 2.05) is 0 Å². The second kappa shape index (κ2) is 3.83. The summed E-state index contributed by atoms with van der Waals surface area (Å²) in [5.74, 6) is 0. The largest absolute Gasteiger partial charge is 0.360 e. The van der Waals surface area contributed by atoms with Crippen LogP contribution in [-0.4, -0.2) is 11.6 Å². The highest BCUT2D eigenvalue weighted by molar-refractivity contribution is 7.61. The highest BCUT2D eigenvalue weighted by Crippen LogP contribution is 2.39. The molecule has 5 heteroatoms. The molecule has 0 aliphatic heterocycles. The first-order valence-electron chi connectivity index (χ1n) is 3.40. The summed E-state index contributed by atoms with van der Waals surface area (Å²) in [6.07, 6.45) is 0. The molecule has 0 spiro atoms. The fourth-order valence-corrected chi connectivity index (χ4v) is 1.69. The van der Waals surface area contributed by atoms with Crippen molar-refractivity contribution in [3.05, 3.63) is 30.3 Å². The van der Waals surface area contributed by atoms with Crippen molar-refractivity contribution in [2.45, 2.75) is 0 Å². The minimum absolute atomic E-state index is 0.260. The highest BCUT2D eigenvalue weighted by Gasteiger charge is 2.20. The van der Waals surface area contributed by atoms with Crippen molar-refractivity contribution < 1.29 is 14.0 Å². The minimum atomic E-state index is -3.67. The Morgan fingerprint density at radius 1 is 1.42 bits per heavy atom. The van der Waals surface area contributed by atoms with Crippen LogP contribution in [0.3, 0.4) is 0 Å². The summed E-state index contributed by atoms with van der Waals surface area (Å²) in [5.41, 5.74) is 5.00. The van der Waals surface area contributed by atoms with Crippen molar-refractivity contribution >= 4 is 12.9 Å². The molecule has 0 bridgehead atoms. The molecular weight excluding hydrogens is 177 g/mol. The molecule has 0 aliphatic rings. The van der Waals surface area contributed by atoms with Crippen molar-refractivity contribution in [1.29, 1.82) is 0 Å². The summed E-state index contributed by atoms with van der Waals surface area (Å²) in [7, 11) is -3.67. The molecule has 1 aromatic rings. The lowest BCUT2D eigenvalue weighted by atomic mass is 10.4. The SMILES string of the molecule is NCOP(=O)(O)c1ccccc1. The van der Waals surface area contributed by atoms with E-state index >= 15 is 0 Å². The third kappa shape index (κ3) is 2.16. The standard InChI is InChI=1S/C7H10NO3P/c8-6-11-12(9,10)7-4-2-1-3-5-7/h1-5H,6,8H2,(H,9,10). The van der Waals surface area contributed by atoms with Crippen LogP contribution in [-0.2, 0) is 9.09 Å². The van der Waals surface area contributed by atoms with Gasteiger partial charge in [0.05, 0.1) is 5.30 Å². The normalized spacial score (nSPS) is 15.5. The lowest BCUT2D eigenvalue weighted by molar-refractivity contribution is 0.277. The van der Waals surface area contributed by atoms with Gasteiger partial charge in [-0.15, -0.1) is 0 Å². The van der Waals surface area contributed by atoms with Gasteiger partial charge in [-0.1, -0.05) is 18.2 Å². The fourth-order valence-electron chi connectivity index (χ4n) is 0.792. The first-order chi connectivity index (χ1) is 5.67. The van der Waals surface area contributed by atoms with E-state index in [2.05, 4.69) is 4.52 Å². The van der Waals surface area contributed by atoms with E-state index in [1.165, 1.54) is 12.1 Å². The summed E-state index contributed by atoms with van der Waals surface area (Å²) in [6.45, 7) is -0.261. The van der Waals surface area contributed by atoms with Crippen LogP contribution in [0.1, 0.15) is 0 Å². The van der Waals surface area contributed by atoms with Gasteiger partial charge < -0.3 is 10.6 Å². The molecule has 1 unspecified atom stereocenters. The number of benzene rings is 1. The number of nitrogens with two attached hydrogens (primary N) is 1. The van der Waals surface area contributed by atoms with Gasteiger partial charge >= 0.3 is 7.60 Å². The fraction of sp³-hybridized carbons (Fsp3) is 0.143. The maximum Gasteiger partial charge on any atom is 0.360 e. The Balaban J connectivity index is 2.90. The van der Waals surface area contributed by atoms with Crippen LogP contribution >= 0.6 is 7.60 Å². The molecule has 1 atom stereocenters. The zero-order valence-electron chi connectivity index (χ0n) is 6.38. The third-order valence-electron chi connectivity index (χ3n) is 1.33. The van der Waals surface area contributed by atoms with Crippen molar-refractivity contribution in [2.75, 3.05) is 6.73 Å². The molecule has 4 nitrogen and oxygen atoms in total. The average Bonchev–Trinajstić information content (AvgIpc) is 2.06. The van der Waals surface area contributed by atoms with Gasteiger partial charge in [0.1, 0.15) is 6.73 Å². The Morgan fingerprint density at radius 3 is 2.50 bits per heavy atom. The van der Waals surface area contributed by atoms with E-state index in [0.29, 0.717) is 0 Å². The van der Waals surface area contributed by atoms with Crippen LogP contribution in [0, 0.1) is 0 Å². The molecule has 0 radical (unpaired) electrons. The van der Waals surface area contributed by atoms with Crippen LogP contribution in [0.25, 0.3) is 0 Å². The summed E-state index contributed by atoms with van der Waals surface area (Å²) in [5, 5.41) is 0.260. The van der Waals surface area contributed by atoms with E-state index in [-0.39, 0.29) is 12.0 Å². The topological polar surface area (TPSA) is 72.5 Å². The van der Waals surface area contributed by atoms with Crippen molar-refractivity contribution in [2.24, 2.45) is 5.73 Å². The maximum absolute atomic E-state index is 11.3. The van der Waals surface area contributed by atoms with Gasteiger partial charge in [0, 0.05) is 0 Å². The van der Waals surface area contributed by atoms with Gasteiger partial charge in [0.15, 0.2) is 0 Å². The third-order valence-corrected chi connectivity index (χ3v) is 2.78. The number of hydrogen-bond acceptors (Lipinski definition) is 3. The summed E-state index contributed by atoms with van der Waals surface area (Å²) < 4.78 is 15.8. The molecule has 0 fully saturated rings. The van der Waals surface area contributed by atoms with Gasteiger partial charge in [-0.3, -0.25) is 9.09 Å². The highest BCUT2D eigenvalue weighted by atomic mass is 31.2. The molecule has 1 rings (SSSR count). The van der Waals surface area contributed by atoms with Crippen molar-refractivity contribution in [3.63, 3.8) is 0 Å². The van der Waals surface area contributed by atoms with Crippen LogP contribution in [0.2, 0.25) is 0 Å². The van der Waals surface area contributed by atoms with Crippen LogP contribution in [0.15, 0.2) is 30.3 Å². The number of rotatable bonds is 3. The van der Waals surface area contributed by atoms with Crippen molar-refractivity contribution in [1.82, 2.24) is 0 Å².